The van der Waals surface area contributed by atoms with E-state index in [1.807, 2.05) is 48.3 Å². The topological polar surface area (TPSA) is 63.4 Å². The van der Waals surface area contributed by atoms with Crippen LogP contribution in [0.3, 0.4) is 0 Å². The number of rotatable bonds is 4. The molecule has 0 fully saturated rings. The van der Waals surface area contributed by atoms with Gasteiger partial charge < -0.3 is 4.90 Å². The third-order valence-electron chi connectivity index (χ3n) is 2.84. The van der Waals surface area contributed by atoms with Crippen LogP contribution in [0.5, 0.6) is 0 Å². The zero-order valence-corrected chi connectivity index (χ0v) is 11.5. The highest BCUT2D eigenvalue weighted by atomic mass is 32.2. The van der Waals surface area contributed by atoms with Gasteiger partial charge in [-0.15, -0.1) is 0 Å². The Kier molecular flexibility index (Phi) is 3.87. The van der Waals surface area contributed by atoms with E-state index in [4.69, 9.17) is 5.14 Å². The Morgan fingerprint density at radius 2 is 1.74 bits per heavy atom. The smallest absolute Gasteiger partial charge is 0.238 e. The number of anilines is 1. The minimum Gasteiger partial charge on any atom is -0.370 e. The maximum Gasteiger partial charge on any atom is 0.238 e. The summed E-state index contributed by atoms with van der Waals surface area (Å²) < 4.78 is 22.6. The van der Waals surface area contributed by atoms with Crippen LogP contribution in [-0.4, -0.2) is 15.5 Å². The van der Waals surface area contributed by atoms with Crippen molar-refractivity contribution >= 4 is 15.7 Å². The number of nitrogens with two attached hydrogens (primary N) is 1. The van der Waals surface area contributed by atoms with Crippen LogP contribution in [0.25, 0.3) is 0 Å². The highest BCUT2D eigenvalue weighted by molar-refractivity contribution is 7.89. The van der Waals surface area contributed by atoms with Crippen LogP contribution in [0.4, 0.5) is 5.69 Å². The lowest BCUT2D eigenvalue weighted by molar-refractivity contribution is 0.597. The van der Waals surface area contributed by atoms with Crippen LogP contribution < -0.4 is 10.0 Å². The Bertz CT molecular complexity index is 654. The van der Waals surface area contributed by atoms with E-state index < -0.39 is 10.0 Å². The average Bonchev–Trinajstić information content (AvgIpc) is 2.39. The normalized spacial score (nSPS) is 11.3. The molecule has 0 saturated heterocycles. The SMILES string of the molecule is CN(Cc1cccc(S(N)(=O)=O)c1)c1ccccc1. The third kappa shape index (κ3) is 3.56. The van der Waals surface area contributed by atoms with Crippen molar-refractivity contribution < 1.29 is 8.42 Å². The summed E-state index contributed by atoms with van der Waals surface area (Å²) in [5, 5.41) is 5.13. The van der Waals surface area contributed by atoms with Gasteiger partial charge in [0.1, 0.15) is 0 Å². The van der Waals surface area contributed by atoms with Gasteiger partial charge in [-0.05, 0) is 29.8 Å². The molecule has 2 aromatic rings. The Hall–Kier alpha value is -1.85. The van der Waals surface area contributed by atoms with Crippen molar-refractivity contribution in [2.45, 2.75) is 11.4 Å². The van der Waals surface area contributed by atoms with Gasteiger partial charge in [-0.3, -0.25) is 0 Å². The zero-order chi connectivity index (χ0) is 13.9. The Balaban J connectivity index is 2.20. The molecule has 5 heteroatoms. The number of para-hydroxylation sites is 1. The van der Waals surface area contributed by atoms with Crippen LogP contribution in [0.1, 0.15) is 5.56 Å². The van der Waals surface area contributed by atoms with Crippen molar-refractivity contribution in [1.82, 2.24) is 0 Å². The lowest BCUT2D eigenvalue weighted by Gasteiger charge is -2.19. The average molecular weight is 276 g/mol. The molecule has 0 aliphatic rings. The van der Waals surface area contributed by atoms with E-state index in [0.717, 1.165) is 11.3 Å². The molecule has 0 aliphatic heterocycles. The summed E-state index contributed by atoms with van der Waals surface area (Å²) in [7, 11) is -1.69. The molecule has 2 aromatic carbocycles. The predicted molar refractivity (Wildman–Crippen MR) is 76.4 cm³/mol. The first-order chi connectivity index (χ1) is 8.97. The van der Waals surface area contributed by atoms with Crippen molar-refractivity contribution in [3.05, 3.63) is 60.2 Å². The molecule has 0 spiro atoms. The Morgan fingerprint density at radius 1 is 1.05 bits per heavy atom. The molecular weight excluding hydrogens is 260 g/mol. The summed E-state index contributed by atoms with van der Waals surface area (Å²) in [6.45, 7) is 0.618. The predicted octanol–water partition coefficient (Wildman–Crippen LogP) is 1.97. The van der Waals surface area contributed by atoms with Gasteiger partial charge in [0.25, 0.3) is 0 Å². The summed E-state index contributed by atoms with van der Waals surface area (Å²) in [6.07, 6.45) is 0. The van der Waals surface area contributed by atoms with Gasteiger partial charge in [0.15, 0.2) is 0 Å². The minimum atomic E-state index is -3.64. The van der Waals surface area contributed by atoms with Crippen molar-refractivity contribution in [2.75, 3.05) is 11.9 Å². The van der Waals surface area contributed by atoms with Crippen LogP contribution in [0, 0.1) is 0 Å². The largest absolute Gasteiger partial charge is 0.370 e. The summed E-state index contributed by atoms with van der Waals surface area (Å²) in [5.74, 6) is 0. The van der Waals surface area contributed by atoms with Crippen molar-refractivity contribution in [3.63, 3.8) is 0 Å². The second-order valence-corrected chi connectivity index (χ2v) is 5.95. The summed E-state index contributed by atoms with van der Waals surface area (Å²) in [4.78, 5) is 2.19. The minimum absolute atomic E-state index is 0.145. The van der Waals surface area contributed by atoms with Crippen molar-refractivity contribution in [3.8, 4) is 0 Å². The molecule has 2 N–H and O–H groups in total. The number of hydrogen-bond acceptors (Lipinski definition) is 3. The number of benzene rings is 2. The second-order valence-electron chi connectivity index (χ2n) is 4.38. The molecular formula is C14H16N2O2S. The maximum absolute atomic E-state index is 11.3. The molecule has 0 bridgehead atoms. The zero-order valence-electron chi connectivity index (χ0n) is 10.7. The Labute approximate surface area is 113 Å². The van der Waals surface area contributed by atoms with E-state index in [2.05, 4.69) is 0 Å². The van der Waals surface area contributed by atoms with Gasteiger partial charge >= 0.3 is 0 Å². The number of hydrogen-bond donors (Lipinski definition) is 1. The molecule has 0 aliphatic carbocycles. The van der Waals surface area contributed by atoms with Gasteiger partial charge in [-0.2, -0.15) is 0 Å². The molecule has 19 heavy (non-hydrogen) atoms. The molecule has 100 valence electrons. The molecule has 0 heterocycles. The van der Waals surface area contributed by atoms with Crippen LogP contribution in [0.2, 0.25) is 0 Å². The molecule has 0 radical (unpaired) electrons. The van der Waals surface area contributed by atoms with Gasteiger partial charge in [0.05, 0.1) is 4.90 Å². The van der Waals surface area contributed by atoms with E-state index in [9.17, 15) is 8.42 Å². The van der Waals surface area contributed by atoms with E-state index in [0.29, 0.717) is 6.54 Å². The van der Waals surface area contributed by atoms with Gasteiger partial charge in [0, 0.05) is 19.3 Å². The molecule has 4 nitrogen and oxygen atoms in total. The van der Waals surface area contributed by atoms with Crippen LogP contribution in [0.15, 0.2) is 59.5 Å². The van der Waals surface area contributed by atoms with E-state index >= 15 is 0 Å². The first-order valence-corrected chi connectivity index (χ1v) is 7.39. The highest BCUT2D eigenvalue weighted by Crippen LogP contribution is 2.16. The maximum atomic E-state index is 11.3. The molecule has 0 atom stereocenters. The lowest BCUT2D eigenvalue weighted by atomic mass is 10.2. The monoisotopic (exact) mass is 276 g/mol. The fourth-order valence-electron chi connectivity index (χ4n) is 1.87. The van der Waals surface area contributed by atoms with Gasteiger partial charge in [0.2, 0.25) is 10.0 Å². The Morgan fingerprint density at radius 3 is 2.37 bits per heavy atom. The van der Waals surface area contributed by atoms with E-state index in [1.165, 1.54) is 6.07 Å². The van der Waals surface area contributed by atoms with Crippen molar-refractivity contribution in [1.29, 1.82) is 0 Å². The first-order valence-electron chi connectivity index (χ1n) is 5.85. The summed E-state index contributed by atoms with van der Waals surface area (Å²) in [5.41, 5.74) is 1.97. The van der Waals surface area contributed by atoms with Crippen LogP contribution >= 0.6 is 0 Å². The van der Waals surface area contributed by atoms with Crippen molar-refractivity contribution in [2.24, 2.45) is 5.14 Å². The molecule has 0 aromatic heterocycles. The highest BCUT2D eigenvalue weighted by Gasteiger charge is 2.09. The molecule has 0 saturated carbocycles. The number of sulfonamides is 1. The second kappa shape index (κ2) is 5.42. The number of nitrogens with zero attached hydrogens (tertiary/aromatic N) is 1. The third-order valence-corrected chi connectivity index (χ3v) is 3.75. The molecule has 0 unspecified atom stereocenters. The van der Waals surface area contributed by atoms with Crippen LogP contribution in [-0.2, 0) is 16.6 Å². The standard InChI is InChI=1S/C14H16N2O2S/c1-16(13-7-3-2-4-8-13)11-12-6-5-9-14(10-12)19(15,17)18/h2-10H,11H2,1H3,(H2,15,17,18). The van der Waals surface area contributed by atoms with E-state index in [1.54, 1.807) is 12.1 Å². The van der Waals surface area contributed by atoms with E-state index in [-0.39, 0.29) is 4.90 Å². The number of primary sulfonamides is 1. The summed E-state index contributed by atoms with van der Waals surface area (Å²) >= 11 is 0. The quantitative estimate of drug-likeness (QED) is 0.928. The summed E-state index contributed by atoms with van der Waals surface area (Å²) in [6, 6.07) is 16.6. The van der Waals surface area contributed by atoms with Gasteiger partial charge in [-0.1, -0.05) is 30.3 Å². The fraction of sp³-hybridized carbons (Fsp3) is 0.143. The molecule has 0 amide bonds. The molecule has 2 rings (SSSR count). The first kappa shape index (κ1) is 13.6. The lowest BCUT2D eigenvalue weighted by Crippen LogP contribution is -2.17. The fourth-order valence-corrected chi connectivity index (χ4v) is 2.45. The van der Waals surface area contributed by atoms with Gasteiger partial charge in [-0.25, -0.2) is 13.6 Å².